The highest BCUT2D eigenvalue weighted by Crippen LogP contribution is 2.20. The van der Waals surface area contributed by atoms with Crippen LogP contribution in [0, 0.1) is 5.92 Å². The predicted octanol–water partition coefficient (Wildman–Crippen LogP) is 2.79. The van der Waals surface area contributed by atoms with E-state index in [2.05, 4.69) is 16.0 Å². The van der Waals surface area contributed by atoms with Crippen molar-refractivity contribution in [1.29, 1.82) is 0 Å². The molecule has 0 spiro atoms. The Morgan fingerprint density at radius 3 is 2.53 bits per heavy atom. The number of hydrogen-bond donors (Lipinski definition) is 3. The van der Waals surface area contributed by atoms with Crippen LogP contribution in [0.4, 0.5) is 4.79 Å². The number of hydrogen-bond acceptors (Lipinski definition) is 4. The zero-order chi connectivity index (χ0) is 23.6. The molecule has 2 amide bonds. The monoisotopic (exact) mass is 445 g/mol. The second-order valence-corrected chi connectivity index (χ2v) is 9.09. The maximum absolute atomic E-state index is 12.2. The van der Waals surface area contributed by atoms with Crippen LogP contribution in [0.15, 0.2) is 29.3 Å². The molecule has 32 heavy (non-hydrogen) atoms. The molecule has 178 valence electrons. The molecule has 3 N–H and O–H groups in total. The van der Waals surface area contributed by atoms with Crippen LogP contribution >= 0.6 is 0 Å². The normalized spacial score (nSPS) is 15.3. The highest BCUT2D eigenvalue weighted by atomic mass is 16.6. The summed E-state index contributed by atoms with van der Waals surface area (Å²) in [7, 11) is 1.64. The summed E-state index contributed by atoms with van der Waals surface area (Å²) in [4.78, 5) is 30.6. The van der Waals surface area contributed by atoms with Gasteiger partial charge in [-0.3, -0.25) is 9.79 Å². The SMILES string of the molecule is CCNC(=NCC1CCN(C(=O)OC(C)(C)C)CC1)NCCc1cccc(C(=O)NC)c1. The number of benzene rings is 1. The molecular formula is C24H39N5O3. The Labute approximate surface area is 192 Å². The first-order chi connectivity index (χ1) is 15.2. The van der Waals surface area contributed by atoms with Gasteiger partial charge in [0.2, 0.25) is 0 Å². The molecule has 0 unspecified atom stereocenters. The van der Waals surface area contributed by atoms with Crippen LogP contribution in [0.1, 0.15) is 56.5 Å². The Bertz CT molecular complexity index is 780. The summed E-state index contributed by atoms with van der Waals surface area (Å²) in [5.74, 6) is 1.17. The molecule has 1 aliphatic rings. The number of aliphatic imine (C=N–C) groups is 1. The number of amides is 2. The first-order valence-corrected chi connectivity index (χ1v) is 11.5. The lowest BCUT2D eigenvalue weighted by atomic mass is 9.97. The first-order valence-electron chi connectivity index (χ1n) is 11.5. The molecule has 1 saturated heterocycles. The van der Waals surface area contributed by atoms with Gasteiger partial charge in [-0.15, -0.1) is 0 Å². The van der Waals surface area contributed by atoms with E-state index in [0.717, 1.165) is 50.4 Å². The molecule has 0 radical (unpaired) electrons. The van der Waals surface area contributed by atoms with Gasteiger partial charge in [0, 0.05) is 45.3 Å². The van der Waals surface area contributed by atoms with Gasteiger partial charge in [-0.1, -0.05) is 12.1 Å². The maximum atomic E-state index is 12.2. The van der Waals surface area contributed by atoms with Crippen molar-refractivity contribution in [2.24, 2.45) is 10.9 Å². The van der Waals surface area contributed by atoms with Crippen molar-refractivity contribution in [3.63, 3.8) is 0 Å². The topological polar surface area (TPSA) is 95.1 Å². The molecule has 0 atom stereocenters. The summed E-state index contributed by atoms with van der Waals surface area (Å²) < 4.78 is 5.47. The number of carbonyl (C=O) groups excluding carboxylic acids is 2. The Balaban J connectivity index is 1.80. The van der Waals surface area contributed by atoms with Crippen molar-refractivity contribution in [2.75, 3.05) is 39.8 Å². The molecule has 8 heteroatoms. The van der Waals surface area contributed by atoms with Gasteiger partial charge in [0.05, 0.1) is 0 Å². The number of rotatable bonds is 7. The lowest BCUT2D eigenvalue weighted by molar-refractivity contribution is 0.0187. The number of guanidine groups is 1. The third kappa shape index (κ3) is 8.77. The standard InChI is InChI=1S/C24H39N5O3/c1-6-26-22(27-13-10-18-8-7-9-20(16-18)21(30)25-5)28-17-19-11-14-29(15-12-19)23(31)32-24(2,3)4/h7-9,16,19H,6,10-15,17H2,1-5H3,(H,25,30)(H2,26,27,28). The van der Waals surface area contributed by atoms with Crippen molar-refractivity contribution in [1.82, 2.24) is 20.9 Å². The average molecular weight is 446 g/mol. The van der Waals surface area contributed by atoms with E-state index < -0.39 is 5.60 Å². The number of carbonyl (C=O) groups is 2. The average Bonchev–Trinajstić information content (AvgIpc) is 2.76. The molecule has 1 fully saturated rings. The third-order valence-electron chi connectivity index (χ3n) is 5.24. The molecular weight excluding hydrogens is 406 g/mol. The number of nitrogens with zero attached hydrogens (tertiary/aromatic N) is 2. The summed E-state index contributed by atoms with van der Waals surface area (Å²) in [5, 5.41) is 9.32. The summed E-state index contributed by atoms with van der Waals surface area (Å²) in [6.45, 7) is 11.4. The van der Waals surface area contributed by atoms with Crippen LogP contribution in [0.5, 0.6) is 0 Å². The van der Waals surface area contributed by atoms with Gasteiger partial charge in [-0.05, 0) is 70.6 Å². The Kier molecular flexibility index (Phi) is 9.81. The smallest absolute Gasteiger partial charge is 0.410 e. The minimum atomic E-state index is -0.464. The van der Waals surface area contributed by atoms with Gasteiger partial charge in [-0.2, -0.15) is 0 Å². The number of ether oxygens (including phenoxy) is 1. The van der Waals surface area contributed by atoms with Crippen molar-refractivity contribution >= 4 is 18.0 Å². The van der Waals surface area contributed by atoms with Crippen LogP contribution in [-0.4, -0.2) is 68.2 Å². The van der Waals surface area contributed by atoms with Gasteiger partial charge in [-0.25, -0.2) is 4.79 Å². The van der Waals surface area contributed by atoms with E-state index in [1.54, 1.807) is 11.9 Å². The second kappa shape index (κ2) is 12.3. The minimum absolute atomic E-state index is 0.0765. The summed E-state index contributed by atoms with van der Waals surface area (Å²) in [5.41, 5.74) is 1.31. The molecule has 1 aromatic carbocycles. The zero-order valence-electron chi connectivity index (χ0n) is 20.2. The molecule has 0 bridgehead atoms. The van der Waals surface area contributed by atoms with E-state index in [9.17, 15) is 9.59 Å². The molecule has 0 aromatic heterocycles. The van der Waals surface area contributed by atoms with Crippen molar-refractivity contribution in [3.05, 3.63) is 35.4 Å². The van der Waals surface area contributed by atoms with Crippen molar-refractivity contribution in [3.8, 4) is 0 Å². The molecule has 8 nitrogen and oxygen atoms in total. The van der Waals surface area contributed by atoms with E-state index in [-0.39, 0.29) is 12.0 Å². The van der Waals surface area contributed by atoms with E-state index in [1.807, 2.05) is 52.0 Å². The van der Waals surface area contributed by atoms with Gasteiger partial charge in [0.1, 0.15) is 5.60 Å². The Morgan fingerprint density at radius 2 is 1.91 bits per heavy atom. The van der Waals surface area contributed by atoms with E-state index in [0.29, 0.717) is 24.6 Å². The lowest BCUT2D eigenvalue weighted by Crippen LogP contribution is -2.42. The summed E-state index contributed by atoms with van der Waals surface area (Å²) in [6, 6.07) is 7.66. The second-order valence-electron chi connectivity index (χ2n) is 9.09. The number of likely N-dealkylation sites (tertiary alicyclic amines) is 1. The fourth-order valence-corrected chi connectivity index (χ4v) is 3.52. The van der Waals surface area contributed by atoms with Crippen LogP contribution in [0.2, 0.25) is 0 Å². The molecule has 2 rings (SSSR count). The van der Waals surface area contributed by atoms with E-state index in [4.69, 9.17) is 9.73 Å². The van der Waals surface area contributed by atoms with Crippen LogP contribution in [0.3, 0.4) is 0 Å². The molecule has 0 saturated carbocycles. The maximum Gasteiger partial charge on any atom is 0.410 e. The fraction of sp³-hybridized carbons (Fsp3) is 0.625. The van der Waals surface area contributed by atoms with Crippen LogP contribution < -0.4 is 16.0 Å². The molecule has 1 heterocycles. The highest BCUT2D eigenvalue weighted by molar-refractivity contribution is 5.94. The molecule has 1 aromatic rings. The lowest BCUT2D eigenvalue weighted by Gasteiger charge is -2.33. The predicted molar refractivity (Wildman–Crippen MR) is 128 cm³/mol. The van der Waals surface area contributed by atoms with Gasteiger partial charge in [0.15, 0.2) is 5.96 Å². The fourth-order valence-electron chi connectivity index (χ4n) is 3.52. The molecule has 0 aliphatic carbocycles. The van der Waals surface area contributed by atoms with Crippen LogP contribution in [-0.2, 0) is 11.2 Å². The highest BCUT2D eigenvalue weighted by Gasteiger charge is 2.26. The van der Waals surface area contributed by atoms with Gasteiger partial charge in [0.25, 0.3) is 5.91 Å². The minimum Gasteiger partial charge on any atom is -0.444 e. The van der Waals surface area contributed by atoms with E-state index in [1.165, 1.54) is 0 Å². The quantitative estimate of drug-likeness (QED) is 0.443. The summed E-state index contributed by atoms with van der Waals surface area (Å²) in [6.07, 6.45) is 2.42. The molecule has 1 aliphatic heterocycles. The zero-order valence-corrected chi connectivity index (χ0v) is 20.2. The van der Waals surface area contributed by atoms with Gasteiger partial charge >= 0.3 is 6.09 Å². The largest absolute Gasteiger partial charge is 0.444 e. The van der Waals surface area contributed by atoms with Crippen molar-refractivity contribution in [2.45, 2.75) is 52.6 Å². The van der Waals surface area contributed by atoms with E-state index >= 15 is 0 Å². The third-order valence-corrected chi connectivity index (χ3v) is 5.24. The number of piperidine rings is 1. The van der Waals surface area contributed by atoms with Crippen molar-refractivity contribution < 1.29 is 14.3 Å². The van der Waals surface area contributed by atoms with Crippen LogP contribution in [0.25, 0.3) is 0 Å². The Hall–Kier alpha value is -2.77. The summed E-state index contributed by atoms with van der Waals surface area (Å²) >= 11 is 0. The first kappa shape index (κ1) is 25.5. The number of nitrogens with one attached hydrogen (secondary N) is 3. The van der Waals surface area contributed by atoms with Gasteiger partial charge < -0.3 is 25.6 Å². The Morgan fingerprint density at radius 1 is 1.19 bits per heavy atom.